The Morgan fingerprint density at radius 1 is 1.22 bits per heavy atom. The van der Waals surface area contributed by atoms with E-state index in [1.165, 1.54) is 6.92 Å². The number of allylic oxidation sites excluding steroid dienone is 1. The smallest absolute Gasteiger partial charge is 0.269 e. The topological polar surface area (TPSA) is 73.1 Å². The van der Waals surface area contributed by atoms with Gasteiger partial charge in [-0.3, -0.25) is 4.79 Å². The fourth-order valence-electron chi connectivity index (χ4n) is 1.97. The third-order valence-electron chi connectivity index (χ3n) is 3.06. The van der Waals surface area contributed by atoms with Gasteiger partial charge in [-0.15, -0.1) is 0 Å². The van der Waals surface area contributed by atoms with Gasteiger partial charge in [-0.05, 0) is 36.8 Å². The number of aliphatic hydroxyl groups is 1. The summed E-state index contributed by atoms with van der Waals surface area (Å²) in [4.78, 5) is 11.9. The van der Waals surface area contributed by atoms with Crippen LogP contribution in [0.15, 0.2) is 53.8 Å². The minimum absolute atomic E-state index is 0.341. The number of carbonyl (C=O) groups excluding carboxylic acids is 1. The van der Waals surface area contributed by atoms with E-state index in [0.29, 0.717) is 15.7 Å². The van der Waals surface area contributed by atoms with Crippen LogP contribution in [0.25, 0.3) is 11.1 Å². The van der Waals surface area contributed by atoms with Crippen molar-refractivity contribution in [3.63, 3.8) is 0 Å². The molecule has 0 heterocycles. The van der Waals surface area contributed by atoms with E-state index in [1.54, 1.807) is 36.4 Å². The van der Waals surface area contributed by atoms with E-state index in [1.807, 2.05) is 12.1 Å². The molecule has 0 aliphatic carbocycles. The predicted octanol–water partition coefficient (Wildman–Crippen LogP) is 4.95. The summed E-state index contributed by atoms with van der Waals surface area (Å²) in [5.74, 6) is -1.04. The minimum Gasteiger partial charge on any atom is -0.511 e. The predicted molar refractivity (Wildman–Crippen MR) is 91.5 cm³/mol. The molecule has 2 aromatic carbocycles. The van der Waals surface area contributed by atoms with E-state index < -0.39 is 5.91 Å². The molecule has 0 aromatic heterocycles. The number of anilines is 1. The standard InChI is InChI=1S/C17H12Cl2N2O2/c1-10(22)15(9-20)17(23)21-13-5-6-14(16(19)8-13)11-3-2-4-12(18)7-11/h2-8,22H,1H3,(H,21,23)/b15-10-. The van der Waals surface area contributed by atoms with Crippen molar-refractivity contribution in [3.8, 4) is 17.2 Å². The highest BCUT2D eigenvalue weighted by Gasteiger charge is 2.13. The quantitative estimate of drug-likeness (QED) is 0.468. The van der Waals surface area contributed by atoms with Gasteiger partial charge in [0.1, 0.15) is 11.8 Å². The molecule has 0 fully saturated rings. The molecule has 0 atom stereocenters. The third-order valence-corrected chi connectivity index (χ3v) is 3.61. The lowest BCUT2D eigenvalue weighted by atomic mass is 10.1. The number of hydrogen-bond donors (Lipinski definition) is 2. The van der Waals surface area contributed by atoms with Crippen molar-refractivity contribution in [1.29, 1.82) is 5.26 Å². The molecule has 0 aliphatic heterocycles. The maximum atomic E-state index is 11.9. The van der Waals surface area contributed by atoms with E-state index in [9.17, 15) is 9.90 Å². The maximum absolute atomic E-state index is 11.9. The first-order valence-corrected chi connectivity index (χ1v) is 7.34. The summed E-state index contributed by atoms with van der Waals surface area (Å²) in [5, 5.41) is 21.7. The zero-order valence-electron chi connectivity index (χ0n) is 12.1. The normalized spacial score (nSPS) is 11.4. The Hall–Kier alpha value is -2.48. The van der Waals surface area contributed by atoms with Crippen LogP contribution in [0, 0.1) is 11.3 Å². The Kier molecular flexibility index (Phi) is 5.28. The molecule has 0 aliphatic rings. The van der Waals surface area contributed by atoms with E-state index in [4.69, 9.17) is 28.5 Å². The van der Waals surface area contributed by atoms with E-state index >= 15 is 0 Å². The minimum atomic E-state index is -0.695. The largest absolute Gasteiger partial charge is 0.511 e. The molecule has 2 aromatic rings. The third kappa shape index (κ3) is 4.04. The second kappa shape index (κ2) is 7.19. The van der Waals surface area contributed by atoms with Gasteiger partial charge in [0.25, 0.3) is 5.91 Å². The SMILES string of the molecule is C/C(O)=C(\C#N)C(=O)Nc1ccc(-c2cccc(Cl)c2)c(Cl)c1. The zero-order chi connectivity index (χ0) is 17.0. The van der Waals surface area contributed by atoms with Crippen LogP contribution in [0.2, 0.25) is 10.0 Å². The molecule has 0 spiro atoms. The molecule has 0 saturated carbocycles. The Morgan fingerprint density at radius 3 is 2.52 bits per heavy atom. The highest BCUT2D eigenvalue weighted by atomic mass is 35.5. The molecular weight excluding hydrogens is 335 g/mol. The molecule has 4 nitrogen and oxygen atoms in total. The Morgan fingerprint density at radius 2 is 1.96 bits per heavy atom. The van der Waals surface area contributed by atoms with Crippen LogP contribution in [-0.4, -0.2) is 11.0 Å². The van der Waals surface area contributed by atoms with Gasteiger partial charge < -0.3 is 10.4 Å². The number of nitrogens with one attached hydrogen (secondary N) is 1. The summed E-state index contributed by atoms with van der Waals surface area (Å²) in [6.45, 7) is 1.27. The summed E-state index contributed by atoms with van der Waals surface area (Å²) in [6, 6.07) is 13.9. The van der Waals surface area contributed by atoms with E-state index in [0.717, 1.165) is 11.1 Å². The summed E-state index contributed by atoms with van der Waals surface area (Å²) in [5.41, 5.74) is 1.69. The Bertz CT molecular complexity index is 835. The van der Waals surface area contributed by atoms with Gasteiger partial charge >= 0.3 is 0 Å². The second-order valence-corrected chi connectivity index (χ2v) is 5.57. The number of aliphatic hydroxyl groups excluding tert-OH is 1. The van der Waals surface area contributed by atoms with Crippen molar-refractivity contribution < 1.29 is 9.90 Å². The van der Waals surface area contributed by atoms with Crippen molar-refractivity contribution in [2.75, 3.05) is 5.32 Å². The number of hydrogen-bond acceptors (Lipinski definition) is 3. The molecule has 0 bridgehead atoms. The second-order valence-electron chi connectivity index (χ2n) is 4.73. The molecule has 2 N–H and O–H groups in total. The van der Waals surface area contributed by atoms with Crippen molar-refractivity contribution in [2.45, 2.75) is 6.92 Å². The monoisotopic (exact) mass is 346 g/mol. The van der Waals surface area contributed by atoms with Gasteiger partial charge in [-0.25, -0.2) is 0 Å². The molecule has 0 unspecified atom stereocenters. The van der Waals surface area contributed by atoms with Gasteiger partial charge in [0.05, 0.1) is 5.02 Å². The van der Waals surface area contributed by atoms with Crippen LogP contribution < -0.4 is 5.32 Å². The van der Waals surface area contributed by atoms with Gasteiger partial charge in [0, 0.05) is 16.3 Å². The van der Waals surface area contributed by atoms with Crippen LogP contribution in [0.5, 0.6) is 0 Å². The number of benzene rings is 2. The van der Waals surface area contributed by atoms with Crippen LogP contribution in [-0.2, 0) is 4.79 Å². The Balaban J connectivity index is 2.29. The maximum Gasteiger partial charge on any atom is 0.269 e. The molecule has 2 rings (SSSR count). The highest BCUT2D eigenvalue weighted by molar-refractivity contribution is 6.34. The van der Waals surface area contributed by atoms with E-state index in [2.05, 4.69) is 5.32 Å². The Labute approximate surface area is 143 Å². The first-order valence-electron chi connectivity index (χ1n) is 6.59. The molecule has 0 radical (unpaired) electrons. The molecule has 23 heavy (non-hydrogen) atoms. The average molecular weight is 347 g/mol. The van der Waals surface area contributed by atoms with Gasteiger partial charge in [-0.2, -0.15) is 5.26 Å². The first kappa shape index (κ1) is 16.9. The summed E-state index contributed by atoms with van der Waals surface area (Å²) in [7, 11) is 0. The van der Waals surface area contributed by atoms with Gasteiger partial charge in [-0.1, -0.05) is 41.4 Å². The fourth-order valence-corrected chi connectivity index (χ4v) is 2.45. The lowest BCUT2D eigenvalue weighted by Gasteiger charge is -2.09. The molecular formula is C17H12Cl2N2O2. The van der Waals surface area contributed by atoms with Gasteiger partial charge in [0.2, 0.25) is 0 Å². The molecule has 116 valence electrons. The summed E-state index contributed by atoms with van der Waals surface area (Å²) < 4.78 is 0. The van der Waals surface area contributed by atoms with Crippen molar-refractivity contribution >= 4 is 34.8 Å². The molecule has 0 saturated heterocycles. The van der Waals surface area contributed by atoms with E-state index in [-0.39, 0.29) is 11.3 Å². The number of carbonyl (C=O) groups is 1. The van der Waals surface area contributed by atoms with Gasteiger partial charge in [0.15, 0.2) is 5.57 Å². The fraction of sp³-hybridized carbons (Fsp3) is 0.0588. The summed E-state index contributed by atoms with van der Waals surface area (Å²) in [6.07, 6.45) is 0. The van der Waals surface area contributed by atoms with Crippen molar-refractivity contribution in [3.05, 3.63) is 63.8 Å². The summed E-state index contributed by atoms with van der Waals surface area (Å²) >= 11 is 12.2. The first-order chi connectivity index (χ1) is 10.9. The number of nitriles is 1. The van der Waals surface area contributed by atoms with Crippen LogP contribution in [0.1, 0.15) is 6.92 Å². The average Bonchev–Trinajstić information content (AvgIpc) is 2.47. The van der Waals surface area contributed by atoms with Crippen LogP contribution in [0.3, 0.4) is 0 Å². The number of rotatable bonds is 3. The lowest BCUT2D eigenvalue weighted by molar-refractivity contribution is -0.112. The van der Waals surface area contributed by atoms with Crippen molar-refractivity contribution in [1.82, 2.24) is 0 Å². The van der Waals surface area contributed by atoms with Crippen LogP contribution >= 0.6 is 23.2 Å². The highest BCUT2D eigenvalue weighted by Crippen LogP contribution is 2.31. The van der Waals surface area contributed by atoms with Crippen LogP contribution in [0.4, 0.5) is 5.69 Å². The van der Waals surface area contributed by atoms with Crippen molar-refractivity contribution in [2.24, 2.45) is 0 Å². The number of nitrogens with zero attached hydrogens (tertiary/aromatic N) is 1. The zero-order valence-corrected chi connectivity index (χ0v) is 13.6. The number of amides is 1. The molecule has 6 heteroatoms. The lowest BCUT2D eigenvalue weighted by Crippen LogP contribution is -2.14. The number of halogens is 2. The molecule has 1 amide bonds.